The molecule has 0 amide bonds. The smallest absolute Gasteiger partial charge is 0.165 e. The van der Waals surface area contributed by atoms with E-state index in [1.807, 2.05) is 36.0 Å². The highest BCUT2D eigenvalue weighted by Gasteiger charge is 2.10. The number of benzene rings is 1. The van der Waals surface area contributed by atoms with Gasteiger partial charge in [-0.15, -0.1) is 0 Å². The second-order valence-electron chi connectivity index (χ2n) is 4.58. The van der Waals surface area contributed by atoms with Crippen molar-refractivity contribution in [2.75, 3.05) is 19.8 Å². The lowest BCUT2D eigenvalue weighted by Gasteiger charge is -2.16. The Morgan fingerprint density at radius 2 is 2.10 bits per heavy atom. The molecule has 1 heterocycles. The van der Waals surface area contributed by atoms with Crippen molar-refractivity contribution >= 4 is 0 Å². The first kappa shape index (κ1) is 15.4. The van der Waals surface area contributed by atoms with Gasteiger partial charge in [0.1, 0.15) is 6.61 Å². The van der Waals surface area contributed by atoms with Crippen molar-refractivity contribution in [2.24, 2.45) is 0 Å². The van der Waals surface area contributed by atoms with Crippen molar-refractivity contribution in [3.63, 3.8) is 0 Å². The zero-order valence-electron chi connectivity index (χ0n) is 12.7. The van der Waals surface area contributed by atoms with Crippen molar-refractivity contribution in [1.29, 1.82) is 0 Å². The Bertz CT molecular complexity index is 526. The van der Waals surface area contributed by atoms with Crippen molar-refractivity contribution in [1.82, 2.24) is 15.1 Å². The topological polar surface area (TPSA) is 48.3 Å². The van der Waals surface area contributed by atoms with E-state index in [2.05, 4.69) is 23.4 Å². The lowest BCUT2D eigenvalue weighted by Crippen LogP contribution is -2.15. The molecule has 114 valence electrons. The van der Waals surface area contributed by atoms with E-state index in [1.165, 1.54) is 0 Å². The molecule has 1 N–H and O–H groups in total. The lowest BCUT2D eigenvalue weighted by atomic mass is 10.2. The molecule has 0 aliphatic rings. The van der Waals surface area contributed by atoms with Crippen LogP contribution in [0.3, 0.4) is 0 Å². The molecule has 0 saturated carbocycles. The van der Waals surface area contributed by atoms with Gasteiger partial charge in [0.05, 0.1) is 13.2 Å². The van der Waals surface area contributed by atoms with Gasteiger partial charge < -0.3 is 14.8 Å². The molecule has 21 heavy (non-hydrogen) atoms. The van der Waals surface area contributed by atoms with E-state index in [1.54, 1.807) is 6.20 Å². The number of nitrogens with zero attached hydrogens (tertiary/aromatic N) is 2. The van der Waals surface area contributed by atoms with Crippen LogP contribution >= 0.6 is 0 Å². The van der Waals surface area contributed by atoms with E-state index in [0.29, 0.717) is 19.8 Å². The first-order chi connectivity index (χ1) is 10.3. The van der Waals surface area contributed by atoms with E-state index in [0.717, 1.165) is 30.2 Å². The van der Waals surface area contributed by atoms with Crippen LogP contribution in [0.5, 0.6) is 11.5 Å². The fraction of sp³-hybridized carbons (Fsp3) is 0.438. The third kappa shape index (κ3) is 4.49. The summed E-state index contributed by atoms with van der Waals surface area (Å²) in [6.07, 6.45) is 3.70. The standard InChI is InChI=1S/C16H23N3O2/c1-3-17-13-14-7-5-8-15(20-4-2)16(14)21-12-11-19-10-6-9-18-19/h5-10,17H,3-4,11-13H2,1-2H3. The molecule has 0 unspecified atom stereocenters. The summed E-state index contributed by atoms with van der Waals surface area (Å²) < 4.78 is 13.5. The van der Waals surface area contributed by atoms with Gasteiger partial charge >= 0.3 is 0 Å². The quantitative estimate of drug-likeness (QED) is 0.770. The SMILES string of the molecule is CCNCc1cccc(OCC)c1OCCn1cccn1. The molecule has 0 aliphatic heterocycles. The molecule has 0 aliphatic carbocycles. The second-order valence-corrected chi connectivity index (χ2v) is 4.58. The number of hydrogen-bond acceptors (Lipinski definition) is 4. The van der Waals surface area contributed by atoms with Crippen LogP contribution in [0.25, 0.3) is 0 Å². The van der Waals surface area contributed by atoms with Gasteiger partial charge in [-0.05, 0) is 25.6 Å². The van der Waals surface area contributed by atoms with E-state index in [9.17, 15) is 0 Å². The minimum absolute atomic E-state index is 0.560. The third-order valence-electron chi connectivity index (χ3n) is 3.05. The molecule has 0 radical (unpaired) electrons. The number of rotatable bonds is 9. The Hall–Kier alpha value is -2.01. The van der Waals surface area contributed by atoms with Crippen LogP contribution in [-0.4, -0.2) is 29.5 Å². The second kappa shape index (κ2) is 8.32. The average molecular weight is 289 g/mol. The van der Waals surface area contributed by atoms with Crippen LogP contribution in [0.15, 0.2) is 36.7 Å². The number of hydrogen-bond donors (Lipinski definition) is 1. The van der Waals surface area contributed by atoms with Gasteiger partial charge in [-0.1, -0.05) is 19.1 Å². The fourth-order valence-electron chi connectivity index (χ4n) is 2.07. The summed E-state index contributed by atoms with van der Waals surface area (Å²) in [6, 6.07) is 7.92. The van der Waals surface area contributed by atoms with Crippen LogP contribution in [0.2, 0.25) is 0 Å². The summed E-state index contributed by atoms with van der Waals surface area (Å²) in [6.45, 7) is 7.66. The molecule has 1 aromatic carbocycles. The molecule has 0 atom stereocenters. The summed E-state index contributed by atoms with van der Waals surface area (Å²) in [4.78, 5) is 0. The Balaban J connectivity index is 2.05. The zero-order valence-corrected chi connectivity index (χ0v) is 12.7. The van der Waals surface area contributed by atoms with Gasteiger partial charge in [-0.25, -0.2) is 0 Å². The average Bonchev–Trinajstić information content (AvgIpc) is 3.00. The highest BCUT2D eigenvalue weighted by atomic mass is 16.5. The summed E-state index contributed by atoms with van der Waals surface area (Å²) in [5.74, 6) is 1.63. The Morgan fingerprint density at radius 1 is 1.19 bits per heavy atom. The molecule has 2 rings (SSSR count). The van der Waals surface area contributed by atoms with E-state index < -0.39 is 0 Å². The number of ether oxygens (including phenoxy) is 2. The first-order valence-corrected chi connectivity index (χ1v) is 7.40. The van der Waals surface area contributed by atoms with Crippen LogP contribution in [-0.2, 0) is 13.1 Å². The largest absolute Gasteiger partial charge is 0.490 e. The molecular weight excluding hydrogens is 266 g/mol. The third-order valence-corrected chi connectivity index (χ3v) is 3.05. The maximum absolute atomic E-state index is 5.97. The minimum atomic E-state index is 0.560. The maximum Gasteiger partial charge on any atom is 0.165 e. The Morgan fingerprint density at radius 3 is 2.81 bits per heavy atom. The predicted molar refractivity (Wildman–Crippen MR) is 82.7 cm³/mol. The highest BCUT2D eigenvalue weighted by molar-refractivity contribution is 5.46. The molecule has 5 nitrogen and oxygen atoms in total. The molecular formula is C16H23N3O2. The number of nitrogens with one attached hydrogen (secondary N) is 1. The van der Waals surface area contributed by atoms with Crippen LogP contribution in [0, 0.1) is 0 Å². The van der Waals surface area contributed by atoms with E-state index in [-0.39, 0.29) is 0 Å². The van der Waals surface area contributed by atoms with Crippen LogP contribution in [0.1, 0.15) is 19.4 Å². The van der Waals surface area contributed by atoms with Crippen molar-refractivity contribution in [3.8, 4) is 11.5 Å². The van der Waals surface area contributed by atoms with Crippen molar-refractivity contribution in [2.45, 2.75) is 26.9 Å². The summed E-state index contributed by atoms with van der Waals surface area (Å²) in [5, 5.41) is 7.50. The molecule has 2 aromatic rings. The number of aromatic nitrogens is 2. The number of para-hydroxylation sites is 1. The van der Waals surface area contributed by atoms with E-state index in [4.69, 9.17) is 9.47 Å². The summed E-state index contributed by atoms with van der Waals surface area (Å²) in [5.41, 5.74) is 1.11. The zero-order chi connectivity index (χ0) is 14.9. The Kier molecular flexibility index (Phi) is 6.09. The van der Waals surface area contributed by atoms with Gasteiger partial charge in [-0.3, -0.25) is 4.68 Å². The van der Waals surface area contributed by atoms with Gasteiger partial charge in [0.2, 0.25) is 0 Å². The molecule has 1 aromatic heterocycles. The molecule has 0 bridgehead atoms. The van der Waals surface area contributed by atoms with Gasteiger partial charge in [0, 0.05) is 24.5 Å². The van der Waals surface area contributed by atoms with Crippen LogP contribution in [0.4, 0.5) is 0 Å². The van der Waals surface area contributed by atoms with Gasteiger partial charge in [0.15, 0.2) is 11.5 Å². The molecule has 0 spiro atoms. The first-order valence-electron chi connectivity index (χ1n) is 7.40. The fourth-order valence-corrected chi connectivity index (χ4v) is 2.07. The van der Waals surface area contributed by atoms with Gasteiger partial charge in [0.25, 0.3) is 0 Å². The Labute approximate surface area is 125 Å². The highest BCUT2D eigenvalue weighted by Crippen LogP contribution is 2.31. The van der Waals surface area contributed by atoms with Gasteiger partial charge in [-0.2, -0.15) is 5.10 Å². The summed E-state index contributed by atoms with van der Waals surface area (Å²) >= 11 is 0. The summed E-state index contributed by atoms with van der Waals surface area (Å²) in [7, 11) is 0. The molecule has 0 saturated heterocycles. The van der Waals surface area contributed by atoms with Crippen molar-refractivity contribution < 1.29 is 9.47 Å². The molecule has 0 fully saturated rings. The maximum atomic E-state index is 5.97. The minimum Gasteiger partial charge on any atom is -0.490 e. The lowest BCUT2D eigenvalue weighted by molar-refractivity contribution is 0.259. The molecule has 5 heteroatoms. The van der Waals surface area contributed by atoms with E-state index >= 15 is 0 Å². The van der Waals surface area contributed by atoms with Crippen molar-refractivity contribution in [3.05, 3.63) is 42.2 Å². The monoisotopic (exact) mass is 289 g/mol. The normalized spacial score (nSPS) is 10.6. The van der Waals surface area contributed by atoms with Crippen LogP contribution < -0.4 is 14.8 Å². The predicted octanol–water partition coefficient (Wildman–Crippen LogP) is 2.47.